The van der Waals surface area contributed by atoms with Gasteiger partial charge in [0.15, 0.2) is 0 Å². The van der Waals surface area contributed by atoms with Crippen LogP contribution in [-0.4, -0.2) is 34.1 Å². The first-order valence-corrected chi connectivity index (χ1v) is 11.3. The van der Waals surface area contributed by atoms with E-state index in [1.807, 2.05) is 30.5 Å². The number of anilines is 2. The van der Waals surface area contributed by atoms with Gasteiger partial charge in [0.05, 0.1) is 5.52 Å². The van der Waals surface area contributed by atoms with Crippen molar-refractivity contribution < 1.29 is 9.13 Å². The normalized spacial score (nSPS) is 14.3. The Morgan fingerprint density at radius 1 is 1.00 bits per heavy atom. The van der Waals surface area contributed by atoms with E-state index in [9.17, 15) is 4.39 Å². The number of rotatable bonds is 7. The molecule has 1 fully saturated rings. The molecule has 0 atom stereocenters. The van der Waals surface area contributed by atoms with Crippen molar-refractivity contribution in [3.05, 3.63) is 84.1 Å². The summed E-state index contributed by atoms with van der Waals surface area (Å²) in [5.41, 5.74) is 3.57. The Hall–Kier alpha value is -3.58. The number of hydrogen-bond donors (Lipinski definition) is 2. The summed E-state index contributed by atoms with van der Waals surface area (Å²) >= 11 is 0. The minimum atomic E-state index is -0.309. The number of hydrogen-bond acceptors (Lipinski definition) is 6. The zero-order chi connectivity index (χ0) is 22.5. The van der Waals surface area contributed by atoms with Gasteiger partial charge >= 0.3 is 0 Å². The Bertz CT molecular complexity index is 1230. The van der Waals surface area contributed by atoms with Crippen LogP contribution in [0.1, 0.15) is 24.1 Å². The van der Waals surface area contributed by atoms with Gasteiger partial charge in [0.1, 0.15) is 17.7 Å². The summed E-state index contributed by atoms with van der Waals surface area (Å²) in [6.45, 7) is 1.93. The fraction of sp³-hybridized carbons (Fsp3) is 0.269. The number of aromatic nitrogens is 3. The lowest BCUT2D eigenvalue weighted by Crippen LogP contribution is -2.34. The van der Waals surface area contributed by atoms with E-state index in [2.05, 4.69) is 31.7 Å². The second-order valence-corrected chi connectivity index (χ2v) is 8.24. The molecule has 1 aliphatic rings. The van der Waals surface area contributed by atoms with Gasteiger partial charge in [-0.15, -0.1) is 0 Å². The standard InChI is InChI=1S/C26H26FN5O/c27-20-4-3-6-22(15-20)31-26-30-17-19-14-18(7-8-21-5-1-2-11-29-21)25(16-24(19)32-26)33-23-9-12-28-13-10-23/h1-6,11,14-17,23,28H,7-10,12-13H2,(H,30,31,32). The predicted octanol–water partition coefficient (Wildman–Crippen LogP) is 4.82. The second-order valence-electron chi connectivity index (χ2n) is 8.24. The number of halogens is 1. The molecule has 0 spiro atoms. The molecule has 2 aromatic heterocycles. The summed E-state index contributed by atoms with van der Waals surface area (Å²) in [7, 11) is 0. The molecule has 0 unspecified atom stereocenters. The van der Waals surface area contributed by atoms with Gasteiger partial charge in [-0.05, 0) is 80.7 Å². The highest BCUT2D eigenvalue weighted by Crippen LogP contribution is 2.29. The Balaban J connectivity index is 1.44. The van der Waals surface area contributed by atoms with E-state index < -0.39 is 0 Å². The van der Waals surface area contributed by atoms with Crippen LogP contribution < -0.4 is 15.4 Å². The van der Waals surface area contributed by atoms with Crippen molar-refractivity contribution >= 4 is 22.5 Å². The minimum absolute atomic E-state index is 0.184. The second kappa shape index (κ2) is 9.92. The molecule has 3 heterocycles. The van der Waals surface area contributed by atoms with Crippen molar-refractivity contribution in [3.63, 3.8) is 0 Å². The van der Waals surface area contributed by atoms with Gasteiger partial charge in [-0.2, -0.15) is 0 Å². The van der Waals surface area contributed by atoms with Gasteiger partial charge in [-0.25, -0.2) is 14.4 Å². The topological polar surface area (TPSA) is 72.0 Å². The number of aryl methyl sites for hydroxylation is 2. The summed E-state index contributed by atoms with van der Waals surface area (Å²) in [4.78, 5) is 13.5. The minimum Gasteiger partial charge on any atom is -0.490 e. The van der Waals surface area contributed by atoms with Crippen LogP contribution in [0.25, 0.3) is 10.9 Å². The maximum atomic E-state index is 13.5. The summed E-state index contributed by atoms with van der Waals surface area (Å²) in [6, 6.07) is 16.4. The molecule has 168 valence electrons. The highest BCUT2D eigenvalue weighted by atomic mass is 19.1. The Kier molecular flexibility index (Phi) is 6.39. The van der Waals surface area contributed by atoms with Crippen LogP contribution in [-0.2, 0) is 12.8 Å². The third kappa shape index (κ3) is 5.43. The van der Waals surface area contributed by atoms with Gasteiger partial charge in [0.25, 0.3) is 0 Å². The van der Waals surface area contributed by atoms with E-state index >= 15 is 0 Å². The van der Waals surface area contributed by atoms with Gasteiger partial charge in [-0.1, -0.05) is 12.1 Å². The first-order chi connectivity index (χ1) is 16.2. The number of ether oxygens (including phenoxy) is 1. The molecule has 2 N–H and O–H groups in total. The number of nitrogens with zero attached hydrogens (tertiary/aromatic N) is 3. The number of fused-ring (bicyclic) bond motifs is 1. The van der Waals surface area contributed by atoms with Crippen molar-refractivity contribution in [1.82, 2.24) is 20.3 Å². The Morgan fingerprint density at radius 3 is 2.73 bits per heavy atom. The molecule has 2 aromatic carbocycles. The van der Waals surface area contributed by atoms with Crippen molar-refractivity contribution in [2.24, 2.45) is 0 Å². The predicted molar refractivity (Wildman–Crippen MR) is 127 cm³/mol. The summed E-state index contributed by atoms with van der Waals surface area (Å²) in [6.07, 6.45) is 7.41. The SMILES string of the molecule is Fc1cccc(Nc2ncc3cc(CCc4ccccn4)c(OC4CCNCC4)cc3n2)c1. The van der Waals surface area contributed by atoms with Crippen molar-refractivity contribution in [3.8, 4) is 5.75 Å². The molecule has 5 rings (SSSR count). The quantitative estimate of drug-likeness (QED) is 0.427. The summed E-state index contributed by atoms with van der Waals surface area (Å²) in [5, 5.41) is 7.40. The Labute approximate surface area is 192 Å². The van der Waals surface area contributed by atoms with Crippen molar-refractivity contribution in [2.45, 2.75) is 31.8 Å². The molecule has 0 saturated carbocycles. The smallest absolute Gasteiger partial charge is 0.227 e. The van der Waals surface area contributed by atoms with E-state index in [1.54, 1.807) is 18.3 Å². The molecule has 0 amide bonds. The molecule has 0 aliphatic carbocycles. The lowest BCUT2D eigenvalue weighted by atomic mass is 10.0. The van der Waals surface area contributed by atoms with E-state index in [-0.39, 0.29) is 11.9 Å². The largest absolute Gasteiger partial charge is 0.490 e. The average molecular weight is 444 g/mol. The van der Waals surface area contributed by atoms with Crippen LogP contribution in [0.2, 0.25) is 0 Å². The van der Waals surface area contributed by atoms with Gasteiger partial charge < -0.3 is 15.4 Å². The number of pyridine rings is 1. The van der Waals surface area contributed by atoms with Gasteiger partial charge in [0.2, 0.25) is 5.95 Å². The fourth-order valence-corrected chi connectivity index (χ4v) is 4.07. The van der Waals surface area contributed by atoms with Gasteiger partial charge in [0, 0.05) is 35.2 Å². The molecule has 1 aliphatic heterocycles. The molecule has 7 heteroatoms. The maximum Gasteiger partial charge on any atom is 0.227 e. The molecule has 0 bridgehead atoms. The van der Waals surface area contributed by atoms with Crippen LogP contribution >= 0.6 is 0 Å². The average Bonchev–Trinajstić information content (AvgIpc) is 2.84. The molecule has 1 saturated heterocycles. The third-order valence-electron chi connectivity index (χ3n) is 5.80. The lowest BCUT2D eigenvalue weighted by Gasteiger charge is -2.25. The maximum absolute atomic E-state index is 13.5. The van der Waals surface area contributed by atoms with E-state index in [1.165, 1.54) is 12.1 Å². The first-order valence-electron chi connectivity index (χ1n) is 11.3. The third-order valence-corrected chi connectivity index (χ3v) is 5.80. The van der Waals surface area contributed by atoms with Crippen LogP contribution in [0.5, 0.6) is 5.75 Å². The molecular formula is C26H26FN5O. The van der Waals surface area contributed by atoms with E-state index in [0.717, 1.165) is 66.7 Å². The van der Waals surface area contributed by atoms with Crippen molar-refractivity contribution in [2.75, 3.05) is 18.4 Å². The summed E-state index contributed by atoms with van der Waals surface area (Å²) < 4.78 is 20.0. The fourth-order valence-electron chi connectivity index (χ4n) is 4.07. The molecular weight excluding hydrogens is 417 g/mol. The lowest BCUT2D eigenvalue weighted by molar-refractivity contribution is 0.161. The molecule has 33 heavy (non-hydrogen) atoms. The molecule has 6 nitrogen and oxygen atoms in total. The number of benzene rings is 2. The van der Waals surface area contributed by atoms with Crippen LogP contribution in [0.3, 0.4) is 0 Å². The highest BCUT2D eigenvalue weighted by molar-refractivity contribution is 5.82. The summed E-state index contributed by atoms with van der Waals surface area (Å²) in [5.74, 6) is 0.971. The monoisotopic (exact) mass is 443 g/mol. The zero-order valence-corrected chi connectivity index (χ0v) is 18.3. The van der Waals surface area contributed by atoms with Gasteiger partial charge in [-0.3, -0.25) is 4.98 Å². The van der Waals surface area contributed by atoms with Crippen LogP contribution in [0.4, 0.5) is 16.0 Å². The van der Waals surface area contributed by atoms with E-state index in [0.29, 0.717) is 11.6 Å². The molecule has 0 radical (unpaired) electrons. The van der Waals surface area contributed by atoms with Crippen molar-refractivity contribution in [1.29, 1.82) is 0 Å². The highest BCUT2D eigenvalue weighted by Gasteiger charge is 2.17. The number of piperidine rings is 1. The van der Waals surface area contributed by atoms with E-state index in [4.69, 9.17) is 4.74 Å². The molecule has 4 aromatic rings. The zero-order valence-electron chi connectivity index (χ0n) is 18.3. The van der Waals surface area contributed by atoms with Crippen LogP contribution in [0, 0.1) is 5.82 Å². The first kappa shape index (κ1) is 21.3. The Morgan fingerprint density at radius 2 is 1.91 bits per heavy atom. The number of nitrogens with one attached hydrogen (secondary N) is 2. The van der Waals surface area contributed by atoms with Crippen LogP contribution in [0.15, 0.2) is 67.0 Å².